The van der Waals surface area contributed by atoms with Gasteiger partial charge < -0.3 is 14.6 Å². The van der Waals surface area contributed by atoms with Crippen molar-refractivity contribution in [3.63, 3.8) is 0 Å². The first-order valence-corrected chi connectivity index (χ1v) is 6.47. The van der Waals surface area contributed by atoms with E-state index in [1.54, 1.807) is 24.3 Å². The number of aliphatic hydroxyl groups is 1. The lowest BCUT2D eigenvalue weighted by Gasteiger charge is -2.10. The minimum atomic E-state index is -4.28. The fourth-order valence-corrected chi connectivity index (χ4v) is 1.56. The number of ether oxygens (including phenoxy) is 2. The Morgan fingerprint density at radius 1 is 1.15 bits per heavy atom. The van der Waals surface area contributed by atoms with Gasteiger partial charge in [0.1, 0.15) is 12.4 Å². The molecular weight excluding hydrogens is 273 g/mol. The van der Waals surface area contributed by atoms with Crippen LogP contribution in [0.4, 0.5) is 13.2 Å². The summed E-state index contributed by atoms with van der Waals surface area (Å²) in [5, 5.41) is 9.61. The van der Waals surface area contributed by atoms with Gasteiger partial charge in [-0.2, -0.15) is 13.2 Å². The molecular formula is C14H19F3O3. The molecule has 0 aliphatic heterocycles. The van der Waals surface area contributed by atoms with Gasteiger partial charge >= 0.3 is 6.18 Å². The van der Waals surface area contributed by atoms with E-state index >= 15 is 0 Å². The molecule has 0 unspecified atom stereocenters. The van der Waals surface area contributed by atoms with Crippen LogP contribution in [0.1, 0.15) is 31.4 Å². The maximum Gasteiger partial charge on any atom is 0.411 e. The van der Waals surface area contributed by atoms with E-state index in [0.717, 1.165) is 5.56 Å². The zero-order chi connectivity index (χ0) is 15.0. The van der Waals surface area contributed by atoms with Crippen molar-refractivity contribution in [3.8, 4) is 5.75 Å². The molecule has 0 aliphatic rings. The van der Waals surface area contributed by atoms with E-state index in [-0.39, 0.29) is 13.2 Å². The Kier molecular flexibility index (Phi) is 6.81. The topological polar surface area (TPSA) is 38.7 Å². The minimum Gasteiger partial charge on any atom is -0.494 e. The van der Waals surface area contributed by atoms with Gasteiger partial charge in [-0.1, -0.05) is 19.1 Å². The number of hydrogen-bond acceptors (Lipinski definition) is 3. The van der Waals surface area contributed by atoms with Crippen molar-refractivity contribution < 1.29 is 27.8 Å². The first-order valence-electron chi connectivity index (χ1n) is 6.47. The molecule has 0 radical (unpaired) electrons. The monoisotopic (exact) mass is 292 g/mol. The second kappa shape index (κ2) is 8.11. The van der Waals surface area contributed by atoms with Crippen LogP contribution in [0.25, 0.3) is 0 Å². The highest BCUT2D eigenvalue weighted by Crippen LogP contribution is 2.20. The normalized spacial score (nSPS) is 13.2. The van der Waals surface area contributed by atoms with E-state index in [1.807, 2.05) is 6.92 Å². The van der Waals surface area contributed by atoms with E-state index in [1.165, 1.54) is 0 Å². The van der Waals surface area contributed by atoms with Gasteiger partial charge in [0.05, 0.1) is 19.3 Å². The van der Waals surface area contributed by atoms with E-state index in [4.69, 9.17) is 4.74 Å². The Labute approximate surface area is 116 Å². The van der Waals surface area contributed by atoms with Gasteiger partial charge in [-0.25, -0.2) is 0 Å². The average Bonchev–Trinajstić information content (AvgIpc) is 2.41. The lowest BCUT2D eigenvalue weighted by Crippen LogP contribution is -2.18. The van der Waals surface area contributed by atoms with Crippen LogP contribution in [0.5, 0.6) is 5.75 Å². The average molecular weight is 292 g/mol. The number of halogens is 3. The number of alkyl halides is 3. The van der Waals surface area contributed by atoms with Crippen LogP contribution in [-0.2, 0) is 4.74 Å². The third kappa shape index (κ3) is 6.77. The van der Waals surface area contributed by atoms with Crippen molar-refractivity contribution in [1.82, 2.24) is 0 Å². The largest absolute Gasteiger partial charge is 0.494 e. The third-order valence-corrected chi connectivity index (χ3v) is 2.62. The summed E-state index contributed by atoms with van der Waals surface area (Å²) >= 11 is 0. The summed E-state index contributed by atoms with van der Waals surface area (Å²) in [5.74, 6) is 0.618. The molecule has 0 aromatic heterocycles. The van der Waals surface area contributed by atoms with Crippen molar-refractivity contribution in [2.75, 3.05) is 19.8 Å². The first-order chi connectivity index (χ1) is 9.42. The van der Waals surface area contributed by atoms with E-state index in [9.17, 15) is 18.3 Å². The Balaban J connectivity index is 2.19. The lowest BCUT2D eigenvalue weighted by atomic mass is 10.1. The summed E-state index contributed by atoms with van der Waals surface area (Å²) in [4.78, 5) is 0. The predicted octanol–water partition coefficient (Wildman–Crippen LogP) is 3.48. The molecule has 0 spiro atoms. The first kappa shape index (κ1) is 16.8. The Morgan fingerprint density at radius 3 is 2.35 bits per heavy atom. The molecule has 0 heterocycles. The maximum absolute atomic E-state index is 11.8. The highest BCUT2D eigenvalue weighted by Gasteiger charge is 2.27. The van der Waals surface area contributed by atoms with E-state index in [0.29, 0.717) is 18.6 Å². The molecule has 0 fully saturated rings. The highest BCUT2D eigenvalue weighted by molar-refractivity contribution is 5.28. The van der Waals surface area contributed by atoms with Crippen LogP contribution in [0.2, 0.25) is 0 Å². The standard InChI is InChI=1S/C14H19F3O3/c1-2-13(18)11-4-6-12(7-5-11)20-9-3-8-19-10-14(15,16)17/h4-7,13,18H,2-3,8-10H2,1H3/t13-/m0/s1. The summed E-state index contributed by atoms with van der Waals surface area (Å²) in [6.45, 7) is 0.951. The molecule has 6 heteroatoms. The molecule has 0 aliphatic carbocycles. The molecule has 0 saturated carbocycles. The van der Waals surface area contributed by atoms with Crippen LogP contribution < -0.4 is 4.74 Å². The molecule has 114 valence electrons. The van der Waals surface area contributed by atoms with Gasteiger partial charge in [0.15, 0.2) is 0 Å². The zero-order valence-corrected chi connectivity index (χ0v) is 11.3. The summed E-state index contributed by atoms with van der Waals surface area (Å²) in [6, 6.07) is 6.99. The van der Waals surface area contributed by atoms with Gasteiger partial charge in [-0.05, 0) is 24.1 Å². The van der Waals surface area contributed by atoms with Crippen LogP contribution in [-0.4, -0.2) is 31.1 Å². The van der Waals surface area contributed by atoms with Crippen molar-refractivity contribution >= 4 is 0 Å². The molecule has 1 aromatic rings. The molecule has 1 atom stereocenters. The van der Waals surface area contributed by atoms with E-state index in [2.05, 4.69) is 4.74 Å². The fraction of sp³-hybridized carbons (Fsp3) is 0.571. The minimum absolute atomic E-state index is 0.00609. The van der Waals surface area contributed by atoms with Crippen molar-refractivity contribution in [3.05, 3.63) is 29.8 Å². The summed E-state index contributed by atoms with van der Waals surface area (Å²) in [5.41, 5.74) is 0.813. The molecule has 0 amide bonds. The van der Waals surface area contributed by atoms with Gasteiger partial charge in [-0.15, -0.1) is 0 Å². The summed E-state index contributed by atoms with van der Waals surface area (Å²) in [7, 11) is 0. The second-order valence-electron chi connectivity index (χ2n) is 4.36. The summed E-state index contributed by atoms with van der Waals surface area (Å²) < 4.78 is 45.2. The summed E-state index contributed by atoms with van der Waals surface area (Å²) in [6.07, 6.45) is -3.75. The molecule has 3 nitrogen and oxygen atoms in total. The molecule has 1 aromatic carbocycles. The zero-order valence-electron chi connectivity index (χ0n) is 11.3. The Bertz CT molecular complexity index is 376. The van der Waals surface area contributed by atoms with Crippen LogP contribution in [0.15, 0.2) is 24.3 Å². The molecule has 1 N–H and O–H groups in total. The highest BCUT2D eigenvalue weighted by atomic mass is 19.4. The van der Waals surface area contributed by atoms with Crippen molar-refractivity contribution in [2.24, 2.45) is 0 Å². The maximum atomic E-state index is 11.8. The predicted molar refractivity (Wildman–Crippen MR) is 68.7 cm³/mol. The Hall–Kier alpha value is -1.27. The SMILES string of the molecule is CC[C@H](O)c1ccc(OCCCOCC(F)(F)F)cc1. The Morgan fingerprint density at radius 2 is 1.80 bits per heavy atom. The van der Waals surface area contributed by atoms with Gasteiger partial charge in [0, 0.05) is 6.42 Å². The van der Waals surface area contributed by atoms with Crippen LogP contribution in [0.3, 0.4) is 0 Å². The van der Waals surface area contributed by atoms with E-state index < -0.39 is 18.9 Å². The number of rotatable bonds is 8. The quantitative estimate of drug-likeness (QED) is 0.746. The number of benzene rings is 1. The number of hydrogen-bond donors (Lipinski definition) is 1. The van der Waals surface area contributed by atoms with Gasteiger partial charge in [0.25, 0.3) is 0 Å². The van der Waals surface area contributed by atoms with Crippen molar-refractivity contribution in [1.29, 1.82) is 0 Å². The van der Waals surface area contributed by atoms with Crippen LogP contribution >= 0.6 is 0 Å². The molecule has 20 heavy (non-hydrogen) atoms. The number of aliphatic hydroxyl groups excluding tert-OH is 1. The molecule has 0 saturated heterocycles. The lowest BCUT2D eigenvalue weighted by molar-refractivity contribution is -0.174. The van der Waals surface area contributed by atoms with Crippen LogP contribution in [0, 0.1) is 0 Å². The van der Waals surface area contributed by atoms with Gasteiger partial charge in [-0.3, -0.25) is 0 Å². The van der Waals surface area contributed by atoms with Gasteiger partial charge in [0.2, 0.25) is 0 Å². The van der Waals surface area contributed by atoms with Crippen molar-refractivity contribution in [2.45, 2.75) is 32.0 Å². The smallest absolute Gasteiger partial charge is 0.411 e. The fourth-order valence-electron chi connectivity index (χ4n) is 1.56. The third-order valence-electron chi connectivity index (χ3n) is 2.62. The second-order valence-corrected chi connectivity index (χ2v) is 4.36. The molecule has 0 bridgehead atoms. The molecule has 1 rings (SSSR count).